The highest BCUT2D eigenvalue weighted by Crippen LogP contribution is 2.24. The molecule has 0 fully saturated rings. The van der Waals surface area contributed by atoms with E-state index in [9.17, 15) is 13.5 Å². The van der Waals surface area contributed by atoms with Gasteiger partial charge in [-0.2, -0.15) is 0 Å². The summed E-state index contributed by atoms with van der Waals surface area (Å²) in [4.78, 5) is 0.351. The van der Waals surface area contributed by atoms with Gasteiger partial charge in [-0.05, 0) is 55.0 Å². The van der Waals surface area contributed by atoms with Crippen LogP contribution in [0.15, 0.2) is 58.3 Å². The third kappa shape index (κ3) is 3.11. The molecule has 0 amide bonds. The van der Waals surface area contributed by atoms with Crippen LogP contribution in [0.5, 0.6) is 11.5 Å². The fourth-order valence-electron chi connectivity index (χ4n) is 1.70. The molecule has 2 aromatic rings. The van der Waals surface area contributed by atoms with E-state index in [0.29, 0.717) is 12.4 Å². The number of phenols is 1. The first-order chi connectivity index (χ1) is 9.54. The molecule has 0 aromatic heterocycles. The molecule has 20 heavy (non-hydrogen) atoms. The molecular weight excluding hydrogens is 276 g/mol. The van der Waals surface area contributed by atoms with Gasteiger partial charge in [0.25, 0.3) is 0 Å². The van der Waals surface area contributed by atoms with E-state index in [1.807, 2.05) is 6.92 Å². The first-order valence-electron chi connectivity index (χ1n) is 6.31. The Morgan fingerprint density at radius 1 is 0.950 bits per heavy atom. The van der Waals surface area contributed by atoms with E-state index in [0.717, 1.165) is 6.42 Å². The standard InChI is InChI=1S/C15H16O4S/c1-2-11-19-13-5-9-15(10-6-13)20(17,18)14-7-3-12(16)4-8-14/h3-10,16H,2,11H2,1H3. The maximum atomic E-state index is 12.3. The molecule has 1 N–H and O–H groups in total. The lowest BCUT2D eigenvalue weighted by Crippen LogP contribution is -2.02. The number of rotatable bonds is 5. The molecule has 0 saturated heterocycles. The Hall–Kier alpha value is -2.01. The van der Waals surface area contributed by atoms with Gasteiger partial charge >= 0.3 is 0 Å². The van der Waals surface area contributed by atoms with Crippen molar-refractivity contribution in [3.05, 3.63) is 48.5 Å². The molecule has 0 radical (unpaired) electrons. The van der Waals surface area contributed by atoms with Crippen LogP contribution in [0.4, 0.5) is 0 Å². The third-order valence-corrected chi connectivity index (χ3v) is 4.54. The van der Waals surface area contributed by atoms with E-state index in [1.54, 1.807) is 12.1 Å². The van der Waals surface area contributed by atoms with Crippen LogP contribution in [0.1, 0.15) is 13.3 Å². The predicted molar refractivity (Wildman–Crippen MR) is 75.8 cm³/mol. The van der Waals surface area contributed by atoms with Crippen molar-refractivity contribution in [2.24, 2.45) is 0 Å². The van der Waals surface area contributed by atoms with Gasteiger partial charge in [-0.1, -0.05) is 6.92 Å². The molecule has 0 heterocycles. The normalized spacial score (nSPS) is 11.2. The third-order valence-electron chi connectivity index (χ3n) is 2.75. The number of benzene rings is 2. The van der Waals surface area contributed by atoms with Crippen LogP contribution in [0.3, 0.4) is 0 Å². The molecule has 0 spiro atoms. The van der Waals surface area contributed by atoms with Crippen molar-refractivity contribution in [2.45, 2.75) is 23.1 Å². The number of phenolic OH excluding ortho intramolecular Hbond substituents is 1. The zero-order valence-electron chi connectivity index (χ0n) is 11.1. The quantitative estimate of drug-likeness (QED) is 0.920. The Balaban J connectivity index is 2.27. The van der Waals surface area contributed by atoms with Crippen LogP contribution in [0.2, 0.25) is 0 Å². The average Bonchev–Trinajstić information content (AvgIpc) is 2.46. The van der Waals surface area contributed by atoms with E-state index < -0.39 is 9.84 Å². The maximum Gasteiger partial charge on any atom is 0.206 e. The van der Waals surface area contributed by atoms with E-state index >= 15 is 0 Å². The molecule has 2 aromatic carbocycles. The summed E-state index contributed by atoms with van der Waals surface area (Å²) < 4.78 is 30.1. The predicted octanol–water partition coefficient (Wildman–Crippen LogP) is 3.01. The zero-order chi connectivity index (χ0) is 14.6. The van der Waals surface area contributed by atoms with Crippen LogP contribution in [0.25, 0.3) is 0 Å². The van der Waals surface area contributed by atoms with Gasteiger partial charge in [0.1, 0.15) is 11.5 Å². The summed E-state index contributed by atoms with van der Waals surface area (Å²) in [5.41, 5.74) is 0. The molecule has 0 saturated carbocycles. The Labute approximate surface area is 118 Å². The van der Waals surface area contributed by atoms with Gasteiger partial charge in [-0.3, -0.25) is 0 Å². The minimum Gasteiger partial charge on any atom is -0.508 e. The number of sulfone groups is 1. The minimum atomic E-state index is -3.56. The van der Waals surface area contributed by atoms with E-state index in [4.69, 9.17) is 4.74 Å². The monoisotopic (exact) mass is 292 g/mol. The number of hydrogen-bond donors (Lipinski definition) is 1. The molecular formula is C15H16O4S. The molecule has 2 rings (SSSR count). The van der Waals surface area contributed by atoms with Crippen LogP contribution < -0.4 is 4.74 Å². The van der Waals surface area contributed by atoms with Crippen LogP contribution in [-0.4, -0.2) is 20.1 Å². The van der Waals surface area contributed by atoms with Crippen molar-refractivity contribution in [2.75, 3.05) is 6.61 Å². The molecule has 0 aliphatic carbocycles. The molecule has 0 atom stereocenters. The Morgan fingerprint density at radius 2 is 1.45 bits per heavy atom. The summed E-state index contributed by atoms with van der Waals surface area (Å²) in [6, 6.07) is 11.8. The van der Waals surface area contributed by atoms with Crippen LogP contribution in [0, 0.1) is 0 Å². The van der Waals surface area contributed by atoms with Gasteiger partial charge in [0.05, 0.1) is 16.4 Å². The summed E-state index contributed by atoms with van der Waals surface area (Å²) in [5.74, 6) is 0.684. The van der Waals surface area contributed by atoms with Gasteiger partial charge in [0, 0.05) is 0 Å². The molecule has 106 valence electrons. The van der Waals surface area contributed by atoms with Crippen LogP contribution >= 0.6 is 0 Å². The molecule has 0 aliphatic heterocycles. The SMILES string of the molecule is CCCOc1ccc(S(=O)(=O)c2ccc(O)cc2)cc1. The lowest BCUT2D eigenvalue weighted by molar-refractivity contribution is 0.317. The topological polar surface area (TPSA) is 63.6 Å². The second-order valence-electron chi connectivity index (χ2n) is 4.32. The van der Waals surface area contributed by atoms with Crippen molar-refractivity contribution in [3.8, 4) is 11.5 Å². The second-order valence-corrected chi connectivity index (χ2v) is 6.27. The molecule has 4 nitrogen and oxygen atoms in total. The first kappa shape index (κ1) is 14.4. The molecule has 0 aliphatic rings. The minimum absolute atomic E-state index is 0.0345. The zero-order valence-corrected chi connectivity index (χ0v) is 11.9. The van der Waals surface area contributed by atoms with Gasteiger partial charge in [0.2, 0.25) is 9.84 Å². The summed E-state index contributed by atoms with van der Waals surface area (Å²) in [5, 5.41) is 9.20. The largest absolute Gasteiger partial charge is 0.508 e. The summed E-state index contributed by atoms with van der Waals surface area (Å²) >= 11 is 0. The van der Waals surface area contributed by atoms with Crippen molar-refractivity contribution >= 4 is 9.84 Å². The highest BCUT2D eigenvalue weighted by atomic mass is 32.2. The van der Waals surface area contributed by atoms with Crippen molar-refractivity contribution in [1.82, 2.24) is 0 Å². The second kappa shape index (κ2) is 5.96. The fraction of sp³-hybridized carbons (Fsp3) is 0.200. The highest BCUT2D eigenvalue weighted by molar-refractivity contribution is 7.91. The smallest absolute Gasteiger partial charge is 0.206 e. The van der Waals surface area contributed by atoms with E-state index in [2.05, 4.69) is 0 Å². The fourth-order valence-corrected chi connectivity index (χ4v) is 2.96. The van der Waals surface area contributed by atoms with Crippen molar-refractivity contribution in [3.63, 3.8) is 0 Å². The van der Waals surface area contributed by atoms with Gasteiger partial charge in [-0.15, -0.1) is 0 Å². The van der Waals surface area contributed by atoms with Crippen molar-refractivity contribution in [1.29, 1.82) is 0 Å². The van der Waals surface area contributed by atoms with Crippen molar-refractivity contribution < 1.29 is 18.3 Å². The number of aromatic hydroxyl groups is 1. The Bertz CT molecular complexity index is 658. The Morgan fingerprint density at radius 3 is 1.95 bits per heavy atom. The summed E-state index contributed by atoms with van der Waals surface area (Å²) in [6.45, 7) is 2.60. The summed E-state index contributed by atoms with van der Waals surface area (Å²) in [6.07, 6.45) is 0.896. The van der Waals surface area contributed by atoms with Crippen LogP contribution in [-0.2, 0) is 9.84 Å². The van der Waals surface area contributed by atoms with Gasteiger partial charge < -0.3 is 9.84 Å². The number of hydrogen-bond acceptors (Lipinski definition) is 4. The molecule has 0 bridgehead atoms. The molecule has 5 heteroatoms. The lowest BCUT2D eigenvalue weighted by Gasteiger charge is -2.07. The van der Waals surface area contributed by atoms with Gasteiger partial charge in [-0.25, -0.2) is 8.42 Å². The molecule has 0 unspecified atom stereocenters. The maximum absolute atomic E-state index is 12.3. The number of ether oxygens (including phenoxy) is 1. The average molecular weight is 292 g/mol. The summed E-state index contributed by atoms with van der Waals surface area (Å²) in [7, 11) is -3.56. The Kier molecular flexibility index (Phi) is 4.29. The lowest BCUT2D eigenvalue weighted by atomic mass is 10.3. The van der Waals surface area contributed by atoms with Gasteiger partial charge in [0.15, 0.2) is 0 Å². The first-order valence-corrected chi connectivity index (χ1v) is 7.79. The van der Waals surface area contributed by atoms with E-state index in [-0.39, 0.29) is 15.5 Å². The van der Waals surface area contributed by atoms with E-state index in [1.165, 1.54) is 36.4 Å². The highest BCUT2D eigenvalue weighted by Gasteiger charge is 2.17.